The van der Waals surface area contributed by atoms with Crippen LogP contribution in [0.2, 0.25) is 0 Å². The summed E-state index contributed by atoms with van der Waals surface area (Å²) in [6, 6.07) is 0. The van der Waals surface area contributed by atoms with Gasteiger partial charge in [-0.25, -0.2) is 0 Å². The molecule has 0 spiro atoms. The summed E-state index contributed by atoms with van der Waals surface area (Å²) in [5.41, 5.74) is 0.0601. The lowest BCUT2D eigenvalue weighted by Crippen LogP contribution is -2.37. The molecule has 1 aliphatic rings. The van der Waals surface area contributed by atoms with E-state index in [1.165, 1.54) is 45.2 Å². The molecule has 1 saturated heterocycles. The molecule has 0 aliphatic carbocycles. The van der Waals surface area contributed by atoms with Gasteiger partial charge < -0.3 is 10.0 Å². The molecule has 0 aromatic carbocycles. The van der Waals surface area contributed by atoms with Gasteiger partial charge in [0.15, 0.2) is 0 Å². The van der Waals surface area contributed by atoms with Crippen molar-refractivity contribution in [1.82, 2.24) is 4.90 Å². The first-order chi connectivity index (χ1) is 7.57. The van der Waals surface area contributed by atoms with Gasteiger partial charge in [0.05, 0.1) is 0 Å². The Morgan fingerprint density at radius 1 is 1.25 bits per heavy atom. The highest BCUT2D eigenvalue weighted by Crippen LogP contribution is 2.24. The maximum absolute atomic E-state index is 9.30. The van der Waals surface area contributed by atoms with Gasteiger partial charge in [0, 0.05) is 18.6 Å². The predicted molar refractivity (Wildman–Crippen MR) is 69.6 cm³/mol. The first-order valence-corrected chi connectivity index (χ1v) is 6.90. The molecule has 1 fully saturated rings. The van der Waals surface area contributed by atoms with E-state index in [1.807, 2.05) is 0 Å². The Balaban J connectivity index is 2.35. The van der Waals surface area contributed by atoms with Crippen LogP contribution < -0.4 is 0 Å². The van der Waals surface area contributed by atoms with E-state index in [1.54, 1.807) is 0 Å². The zero-order chi connectivity index (χ0) is 12.0. The topological polar surface area (TPSA) is 23.5 Å². The highest BCUT2D eigenvalue weighted by atomic mass is 16.3. The number of nitrogens with zero attached hydrogens (tertiary/aromatic N) is 1. The molecule has 0 bridgehead atoms. The quantitative estimate of drug-likeness (QED) is 0.780. The van der Waals surface area contributed by atoms with Crippen LogP contribution in [-0.2, 0) is 0 Å². The van der Waals surface area contributed by atoms with Crippen LogP contribution in [0.3, 0.4) is 0 Å². The minimum absolute atomic E-state index is 0.0601. The SMILES string of the molecule is CCCC1CCCN(CC(C)(C)CO)CC1. The summed E-state index contributed by atoms with van der Waals surface area (Å²) in [6.07, 6.45) is 6.83. The Morgan fingerprint density at radius 3 is 2.62 bits per heavy atom. The minimum Gasteiger partial charge on any atom is -0.396 e. The Hall–Kier alpha value is -0.0800. The van der Waals surface area contributed by atoms with Crippen LogP contribution in [-0.4, -0.2) is 36.2 Å². The van der Waals surface area contributed by atoms with Gasteiger partial charge >= 0.3 is 0 Å². The summed E-state index contributed by atoms with van der Waals surface area (Å²) in [5.74, 6) is 0.951. The summed E-state index contributed by atoms with van der Waals surface area (Å²) in [4.78, 5) is 2.55. The van der Waals surface area contributed by atoms with Crippen molar-refractivity contribution in [3.05, 3.63) is 0 Å². The van der Waals surface area contributed by atoms with Crippen LogP contribution in [0.15, 0.2) is 0 Å². The molecule has 1 heterocycles. The van der Waals surface area contributed by atoms with Crippen molar-refractivity contribution in [3.8, 4) is 0 Å². The van der Waals surface area contributed by atoms with E-state index in [2.05, 4.69) is 25.7 Å². The van der Waals surface area contributed by atoms with E-state index in [0.29, 0.717) is 6.61 Å². The maximum Gasteiger partial charge on any atom is 0.0494 e. The second kappa shape index (κ2) is 6.61. The maximum atomic E-state index is 9.30. The van der Waals surface area contributed by atoms with Crippen LogP contribution in [0.4, 0.5) is 0 Å². The Labute approximate surface area is 101 Å². The van der Waals surface area contributed by atoms with E-state index in [-0.39, 0.29) is 5.41 Å². The largest absolute Gasteiger partial charge is 0.396 e. The third-order valence-corrected chi connectivity index (χ3v) is 3.72. The molecule has 2 nitrogen and oxygen atoms in total. The van der Waals surface area contributed by atoms with Gasteiger partial charge in [0.25, 0.3) is 0 Å². The lowest BCUT2D eigenvalue weighted by Gasteiger charge is -2.30. The zero-order valence-electron chi connectivity index (χ0n) is 11.3. The van der Waals surface area contributed by atoms with Crippen molar-refractivity contribution >= 4 is 0 Å². The molecule has 16 heavy (non-hydrogen) atoms. The smallest absolute Gasteiger partial charge is 0.0494 e. The molecule has 2 heteroatoms. The van der Waals surface area contributed by atoms with Gasteiger partial charge in [-0.2, -0.15) is 0 Å². The number of aliphatic hydroxyl groups excluding tert-OH is 1. The molecule has 0 saturated carbocycles. The van der Waals surface area contributed by atoms with Gasteiger partial charge in [-0.15, -0.1) is 0 Å². The van der Waals surface area contributed by atoms with Gasteiger partial charge in [-0.3, -0.25) is 0 Å². The lowest BCUT2D eigenvalue weighted by molar-refractivity contribution is 0.104. The fourth-order valence-electron chi connectivity index (χ4n) is 2.74. The molecular weight excluding hydrogens is 198 g/mol. The van der Waals surface area contributed by atoms with Crippen molar-refractivity contribution in [2.24, 2.45) is 11.3 Å². The zero-order valence-corrected chi connectivity index (χ0v) is 11.3. The average molecular weight is 227 g/mol. The first-order valence-electron chi connectivity index (χ1n) is 6.90. The van der Waals surface area contributed by atoms with Gasteiger partial charge in [0.2, 0.25) is 0 Å². The summed E-state index contributed by atoms with van der Waals surface area (Å²) in [6.45, 7) is 10.4. The third kappa shape index (κ3) is 4.84. The molecule has 0 radical (unpaired) electrons. The third-order valence-electron chi connectivity index (χ3n) is 3.72. The van der Waals surface area contributed by atoms with E-state index in [4.69, 9.17) is 0 Å². The van der Waals surface area contributed by atoms with E-state index >= 15 is 0 Å². The molecule has 1 aliphatic heterocycles. The van der Waals surface area contributed by atoms with Crippen LogP contribution in [0.1, 0.15) is 52.9 Å². The van der Waals surface area contributed by atoms with Crippen molar-refractivity contribution in [3.63, 3.8) is 0 Å². The van der Waals surface area contributed by atoms with Crippen molar-refractivity contribution in [2.75, 3.05) is 26.2 Å². The fourth-order valence-corrected chi connectivity index (χ4v) is 2.74. The molecule has 0 aromatic rings. The number of hydrogen-bond donors (Lipinski definition) is 1. The second-order valence-electron chi connectivity index (χ2n) is 6.18. The van der Waals surface area contributed by atoms with Crippen LogP contribution in [0.25, 0.3) is 0 Å². The molecule has 1 atom stereocenters. The molecule has 0 aromatic heterocycles. The Bertz CT molecular complexity index is 191. The summed E-state index contributed by atoms with van der Waals surface area (Å²) in [5, 5.41) is 9.30. The highest BCUT2D eigenvalue weighted by molar-refractivity contribution is 4.76. The molecule has 1 N–H and O–H groups in total. The Kier molecular flexibility index (Phi) is 5.77. The first kappa shape index (κ1) is 14.0. The fraction of sp³-hybridized carbons (Fsp3) is 1.00. The number of hydrogen-bond acceptors (Lipinski definition) is 2. The number of rotatable bonds is 5. The molecule has 1 rings (SSSR count). The number of aliphatic hydroxyl groups is 1. The normalized spacial score (nSPS) is 24.4. The van der Waals surface area contributed by atoms with Gasteiger partial charge in [0.1, 0.15) is 0 Å². The molecule has 96 valence electrons. The van der Waals surface area contributed by atoms with Crippen molar-refractivity contribution in [2.45, 2.75) is 52.9 Å². The summed E-state index contributed by atoms with van der Waals surface area (Å²) < 4.78 is 0. The standard InChI is InChI=1S/C14H29NO/c1-4-6-13-7-5-9-15(10-8-13)11-14(2,3)12-16/h13,16H,4-12H2,1-3H3. The second-order valence-corrected chi connectivity index (χ2v) is 6.18. The molecule has 0 amide bonds. The lowest BCUT2D eigenvalue weighted by atomic mass is 9.94. The summed E-state index contributed by atoms with van der Waals surface area (Å²) >= 11 is 0. The van der Waals surface area contributed by atoms with E-state index in [9.17, 15) is 5.11 Å². The monoisotopic (exact) mass is 227 g/mol. The Morgan fingerprint density at radius 2 is 2.00 bits per heavy atom. The van der Waals surface area contributed by atoms with Crippen molar-refractivity contribution < 1.29 is 5.11 Å². The molecular formula is C14H29NO. The number of likely N-dealkylation sites (tertiary alicyclic amines) is 1. The van der Waals surface area contributed by atoms with E-state index < -0.39 is 0 Å². The van der Waals surface area contributed by atoms with Crippen molar-refractivity contribution in [1.29, 1.82) is 0 Å². The van der Waals surface area contributed by atoms with Crippen LogP contribution >= 0.6 is 0 Å². The van der Waals surface area contributed by atoms with Gasteiger partial charge in [-0.1, -0.05) is 33.6 Å². The average Bonchev–Trinajstić information content (AvgIpc) is 2.44. The summed E-state index contributed by atoms with van der Waals surface area (Å²) in [7, 11) is 0. The van der Waals surface area contributed by atoms with Gasteiger partial charge in [-0.05, 0) is 38.3 Å². The minimum atomic E-state index is 0.0601. The highest BCUT2D eigenvalue weighted by Gasteiger charge is 2.23. The van der Waals surface area contributed by atoms with Crippen LogP contribution in [0, 0.1) is 11.3 Å². The van der Waals surface area contributed by atoms with Crippen LogP contribution in [0.5, 0.6) is 0 Å². The molecule has 1 unspecified atom stereocenters. The van der Waals surface area contributed by atoms with E-state index in [0.717, 1.165) is 12.5 Å². The predicted octanol–water partition coefficient (Wildman–Crippen LogP) is 2.91.